The first-order chi connectivity index (χ1) is 12.9. The molecule has 1 heterocycles. The van der Waals surface area contributed by atoms with E-state index in [1.165, 1.54) is 6.92 Å². The Hall–Kier alpha value is -3.55. The van der Waals surface area contributed by atoms with Crippen LogP contribution in [-0.2, 0) is 4.79 Å². The number of hydrogen-bond acceptors (Lipinski definition) is 3. The van der Waals surface area contributed by atoms with Gasteiger partial charge in [0.05, 0.1) is 0 Å². The standard InChI is InChI=1S/C19H21N5O3/c1-12-6-7-15(11-17(12)21-13(2)25)23-18(26)22-14-4-3-5-16(10-14)24-9-8-20-19(24)27/h3-7,10-11H,8-9H2,1-2H3,(H,20,27)(H,21,25)(H2,22,23,26). The second-order valence-corrected chi connectivity index (χ2v) is 6.22. The number of carbonyl (C=O) groups is 3. The van der Waals surface area contributed by atoms with Crippen molar-refractivity contribution >= 4 is 40.7 Å². The molecule has 0 bridgehead atoms. The van der Waals surface area contributed by atoms with E-state index in [1.807, 2.05) is 19.1 Å². The lowest BCUT2D eigenvalue weighted by atomic mass is 10.2. The number of nitrogens with zero attached hydrogens (tertiary/aromatic N) is 1. The first kappa shape index (κ1) is 18.2. The lowest BCUT2D eigenvalue weighted by Crippen LogP contribution is -2.27. The van der Waals surface area contributed by atoms with Gasteiger partial charge in [-0.05, 0) is 42.8 Å². The average Bonchev–Trinajstić information content (AvgIpc) is 3.03. The SMILES string of the molecule is CC(=O)Nc1cc(NC(=O)Nc2cccc(N3CCNC3=O)c2)ccc1C. The molecule has 2 aromatic carbocycles. The van der Waals surface area contributed by atoms with E-state index in [1.54, 1.807) is 35.2 Å². The van der Waals surface area contributed by atoms with Crippen molar-refractivity contribution in [1.29, 1.82) is 0 Å². The van der Waals surface area contributed by atoms with E-state index in [9.17, 15) is 14.4 Å². The minimum Gasteiger partial charge on any atom is -0.336 e. The Morgan fingerprint density at radius 2 is 1.78 bits per heavy atom. The summed E-state index contributed by atoms with van der Waals surface area (Å²) in [6.45, 7) is 4.49. The number of rotatable bonds is 4. The van der Waals surface area contributed by atoms with Crippen LogP contribution in [0.4, 0.5) is 32.3 Å². The molecule has 0 aliphatic carbocycles. The summed E-state index contributed by atoms with van der Waals surface area (Å²) in [6.07, 6.45) is 0. The largest absolute Gasteiger partial charge is 0.336 e. The highest BCUT2D eigenvalue weighted by Crippen LogP contribution is 2.22. The molecule has 1 fully saturated rings. The summed E-state index contributed by atoms with van der Waals surface area (Å²) in [5, 5.41) is 10.9. The van der Waals surface area contributed by atoms with Gasteiger partial charge in [0.1, 0.15) is 0 Å². The van der Waals surface area contributed by atoms with E-state index in [-0.39, 0.29) is 11.9 Å². The van der Waals surface area contributed by atoms with E-state index >= 15 is 0 Å². The lowest BCUT2D eigenvalue weighted by molar-refractivity contribution is -0.114. The van der Waals surface area contributed by atoms with Crippen molar-refractivity contribution in [2.75, 3.05) is 33.9 Å². The molecule has 0 saturated carbocycles. The Kier molecular flexibility index (Phi) is 5.25. The van der Waals surface area contributed by atoms with Crippen LogP contribution < -0.4 is 26.2 Å². The number of aryl methyl sites for hydroxylation is 1. The van der Waals surface area contributed by atoms with Crippen molar-refractivity contribution < 1.29 is 14.4 Å². The van der Waals surface area contributed by atoms with Crippen LogP contribution in [0.2, 0.25) is 0 Å². The summed E-state index contributed by atoms with van der Waals surface area (Å²) in [6, 6.07) is 11.8. The maximum Gasteiger partial charge on any atom is 0.323 e. The number of anilines is 4. The van der Waals surface area contributed by atoms with E-state index in [2.05, 4.69) is 21.3 Å². The van der Waals surface area contributed by atoms with Gasteiger partial charge in [-0.3, -0.25) is 9.69 Å². The number of nitrogens with one attached hydrogen (secondary N) is 4. The predicted octanol–water partition coefficient (Wildman–Crippen LogP) is 3.13. The van der Waals surface area contributed by atoms with Crippen LogP contribution >= 0.6 is 0 Å². The Labute approximate surface area is 156 Å². The Morgan fingerprint density at radius 3 is 2.44 bits per heavy atom. The van der Waals surface area contributed by atoms with Crippen LogP contribution in [-0.4, -0.2) is 31.1 Å². The van der Waals surface area contributed by atoms with Gasteiger partial charge in [-0.2, -0.15) is 0 Å². The van der Waals surface area contributed by atoms with Crippen LogP contribution in [0.25, 0.3) is 0 Å². The molecule has 3 rings (SSSR count). The maximum absolute atomic E-state index is 12.3. The molecular weight excluding hydrogens is 346 g/mol. The molecule has 0 aromatic heterocycles. The maximum atomic E-state index is 12.3. The number of amides is 5. The quantitative estimate of drug-likeness (QED) is 0.667. The fourth-order valence-electron chi connectivity index (χ4n) is 2.79. The molecular formula is C19H21N5O3. The highest BCUT2D eigenvalue weighted by atomic mass is 16.2. The van der Waals surface area contributed by atoms with E-state index in [4.69, 9.17) is 0 Å². The number of benzene rings is 2. The van der Waals surface area contributed by atoms with Crippen molar-refractivity contribution in [3.8, 4) is 0 Å². The molecule has 0 unspecified atom stereocenters. The Bertz CT molecular complexity index is 897. The van der Waals surface area contributed by atoms with Crippen molar-refractivity contribution in [3.05, 3.63) is 48.0 Å². The van der Waals surface area contributed by atoms with Gasteiger partial charge in [-0.25, -0.2) is 9.59 Å². The van der Waals surface area contributed by atoms with Crippen LogP contribution in [0.5, 0.6) is 0 Å². The monoisotopic (exact) mass is 367 g/mol. The summed E-state index contributed by atoms with van der Waals surface area (Å²) >= 11 is 0. The summed E-state index contributed by atoms with van der Waals surface area (Å²) in [4.78, 5) is 36.9. The first-order valence-corrected chi connectivity index (χ1v) is 8.54. The summed E-state index contributed by atoms with van der Waals surface area (Å²) in [7, 11) is 0. The summed E-state index contributed by atoms with van der Waals surface area (Å²) in [5.74, 6) is -0.178. The van der Waals surface area contributed by atoms with Gasteiger partial charge in [0.2, 0.25) is 5.91 Å². The molecule has 5 amide bonds. The Morgan fingerprint density at radius 1 is 1.04 bits per heavy atom. The van der Waals surface area contributed by atoms with Crippen molar-refractivity contribution in [2.45, 2.75) is 13.8 Å². The zero-order valence-corrected chi connectivity index (χ0v) is 15.1. The Balaban J connectivity index is 1.68. The molecule has 1 aliphatic heterocycles. The third kappa shape index (κ3) is 4.55. The molecule has 0 radical (unpaired) electrons. The van der Waals surface area contributed by atoms with Crippen LogP contribution in [0.3, 0.4) is 0 Å². The third-order valence-corrected chi connectivity index (χ3v) is 4.08. The van der Waals surface area contributed by atoms with E-state index in [0.717, 1.165) is 5.56 Å². The molecule has 27 heavy (non-hydrogen) atoms. The zero-order chi connectivity index (χ0) is 19.4. The second kappa shape index (κ2) is 7.77. The minimum absolute atomic E-state index is 0.151. The van der Waals surface area contributed by atoms with Gasteiger partial charge >= 0.3 is 12.1 Å². The normalized spacial score (nSPS) is 13.1. The molecule has 1 saturated heterocycles. The van der Waals surface area contributed by atoms with Crippen LogP contribution in [0, 0.1) is 6.92 Å². The van der Waals surface area contributed by atoms with Gasteiger partial charge in [-0.1, -0.05) is 12.1 Å². The third-order valence-electron chi connectivity index (χ3n) is 4.08. The van der Waals surface area contributed by atoms with Gasteiger partial charge in [0.25, 0.3) is 0 Å². The molecule has 1 aliphatic rings. The lowest BCUT2D eigenvalue weighted by Gasteiger charge is -2.16. The van der Waals surface area contributed by atoms with Gasteiger partial charge in [0, 0.05) is 42.8 Å². The molecule has 2 aromatic rings. The van der Waals surface area contributed by atoms with Crippen molar-refractivity contribution in [1.82, 2.24) is 5.32 Å². The fraction of sp³-hybridized carbons (Fsp3) is 0.211. The fourth-order valence-corrected chi connectivity index (χ4v) is 2.79. The first-order valence-electron chi connectivity index (χ1n) is 8.54. The van der Waals surface area contributed by atoms with Crippen LogP contribution in [0.15, 0.2) is 42.5 Å². The van der Waals surface area contributed by atoms with Crippen molar-refractivity contribution in [3.63, 3.8) is 0 Å². The highest BCUT2D eigenvalue weighted by molar-refractivity contribution is 6.01. The van der Waals surface area contributed by atoms with Gasteiger partial charge < -0.3 is 21.3 Å². The van der Waals surface area contributed by atoms with Crippen molar-refractivity contribution in [2.24, 2.45) is 0 Å². The minimum atomic E-state index is -0.421. The van der Waals surface area contributed by atoms with Gasteiger partial charge in [-0.15, -0.1) is 0 Å². The molecule has 8 nitrogen and oxygen atoms in total. The zero-order valence-electron chi connectivity index (χ0n) is 15.1. The van der Waals surface area contributed by atoms with Crippen LogP contribution in [0.1, 0.15) is 12.5 Å². The molecule has 0 atom stereocenters. The summed E-state index contributed by atoms with van der Waals surface area (Å²) in [5.41, 5.74) is 3.37. The molecule has 0 spiro atoms. The van der Waals surface area contributed by atoms with E-state index < -0.39 is 6.03 Å². The summed E-state index contributed by atoms with van der Waals surface area (Å²) < 4.78 is 0. The molecule has 4 N–H and O–H groups in total. The second-order valence-electron chi connectivity index (χ2n) is 6.22. The molecule has 8 heteroatoms. The van der Waals surface area contributed by atoms with Gasteiger partial charge in [0.15, 0.2) is 0 Å². The average molecular weight is 367 g/mol. The number of urea groups is 2. The topological polar surface area (TPSA) is 103 Å². The highest BCUT2D eigenvalue weighted by Gasteiger charge is 2.21. The number of hydrogen-bond donors (Lipinski definition) is 4. The van der Waals surface area contributed by atoms with E-state index in [0.29, 0.717) is 35.8 Å². The smallest absolute Gasteiger partial charge is 0.323 e. The number of carbonyl (C=O) groups excluding carboxylic acids is 3. The predicted molar refractivity (Wildman–Crippen MR) is 105 cm³/mol. The molecule has 140 valence electrons.